The molecule has 0 rings (SSSR count). The van der Waals surface area contributed by atoms with Gasteiger partial charge < -0.3 is 9.47 Å². The summed E-state index contributed by atoms with van der Waals surface area (Å²) in [5.41, 5.74) is 0. The van der Waals surface area contributed by atoms with Crippen molar-refractivity contribution in [3.8, 4) is 0 Å². The fourth-order valence-corrected chi connectivity index (χ4v) is 1.01. The summed E-state index contributed by atoms with van der Waals surface area (Å²) in [4.78, 5) is 44.2. The minimum absolute atomic E-state index is 0.194. The first-order chi connectivity index (χ1) is 7.90. The number of rotatable bonds is 7. The van der Waals surface area contributed by atoms with Crippen molar-refractivity contribution in [1.29, 1.82) is 0 Å². The molecule has 6 heteroatoms. The number of Topliss-reactive ketones (excluding diaryl/α,β-unsaturated/α-hetero) is 2. The van der Waals surface area contributed by atoms with E-state index in [1.807, 2.05) is 6.92 Å². The summed E-state index contributed by atoms with van der Waals surface area (Å²) in [5, 5.41) is 0. The monoisotopic (exact) mass is 244 g/mol. The number of esters is 2. The maximum Gasteiger partial charge on any atom is 0.385 e. The molecule has 0 aromatic heterocycles. The third-order valence-electron chi connectivity index (χ3n) is 1.83. The lowest BCUT2D eigenvalue weighted by molar-refractivity contribution is -0.167. The van der Waals surface area contributed by atoms with Gasteiger partial charge in [0.2, 0.25) is 0 Å². The van der Waals surface area contributed by atoms with E-state index in [9.17, 15) is 19.2 Å². The standard InChI is InChI=1S/C11H16O6/c1-4-5-6-16-10(7(2)12)9(14)11(15)17-8(3)13/h10H,4-6H2,1-3H3. The molecular weight excluding hydrogens is 228 g/mol. The minimum atomic E-state index is -1.48. The molecule has 0 bridgehead atoms. The van der Waals surface area contributed by atoms with Gasteiger partial charge in [-0.15, -0.1) is 0 Å². The van der Waals surface area contributed by atoms with Gasteiger partial charge in [0, 0.05) is 13.5 Å². The third kappa shape index (κ3) is 5.91. The molecule has 0 saturated heterocycles. The third-order valence-corrected chi connectivity index (χ3v) is 1.83. The normalized spacial score (nSPS) is 11.7. The highest BCUT2D eigenvalue weighted by Crippen LogP contribution is 2.01. The van der Waals surface area contributed by atoms with Crippen LogP contribution in [0.25, 0.3) is 0 Å². The Balaban J connectivity index is 4.48. The van der Waals surface area contributed by atoms with Gasteiger partial charge in [0.15, 0.2) is 11.9 Å². The Bertz CT molecular complexity index is 320. The maximum absolute atomic E-state index is 11.4. The maximum atomic E-state index is 11.4. The van der Waals surface area contributed by atoms with E-state index < -0.39 is 29.6 Å². The lowest BCUT2D eigenvalue weighted by Crippen LogP contribution is -2.38. The number of carbonyl (C=O) groups excluding carboxylic acids is 4. The van der Waals surface area contributed by atoms with Gasteiger partial charge in [-0.2, -0.15) is 0 Å². The molecule has 1 atom stereocenters. The molecule has 0 radical (unpaired) electrons. The number of hydrogen-bond acceptors (Lipinski definition) is 6. The smallest absolute Gasteiger partial charge is 0.385 e. The highest BCUT2D eigenvalue weighted by atomic mass is 16.6. The van der Waals surface area contributed by atoms with Gasteiger partial charge >= 0.3 is 11.9 Å². The number of unbranched alkanes of at least 4 members (excludes halogenated alkanes) is 1. The molecule has 0 amide bonds. The van der Waals surface area contributed by atoms with Gasteiger partial charge in [0.25, 0.3) is 5.78 Å². The molecule has 96 valence electrons. The van der Waals surface area contributed by atoms with Crippen LogP contribution in [0.3, 0.4) is 0 Å². The second kappa shape index (κ2) is 7.67. The number of ketones is 2. The van der Waals surface area contributed by atoms with E-state index in [1.165, 1.54) is 0 Å². The SMILES string of the molecule is CCCCOC(C(C)=O)C(=O)C(=O)OC(C)=O. The Hall–Kier alpha value is -1.56. The molecule has 0 heterocycles. The van der Waals surface area contributed by atoms with E-state index in [0.717, 1.165) is 20.3 Å². The van der Waals surface area contributed by atoms with Crippen molar-refractivity contribution in [2.24, 2.45) is 0 Å². The molecule has 0 aliphatic heterocycles. The second-order valence-electron chi connectivity index (χ2n) is 3.46. The van der Waals surface area contributed by atoms with Crippen molar-refractivity contribution in [1.82, 2.24) is 0 Å². The molecule has 0 aliphatic rings. The quantitative estimate of drug-likeness (QED) is 0.279. The lowest BCUT2D eigenvalue weighted by Gasteiger charge is -2.12. The zero-order chi connectivity index (χ0) is 13.4. The number of ether oxygens (including phenoxy) is 2. The van der Waals surface area contributed by atoms with E-state index in [4.69, 9.17) is 4.74 Å². The minimum Gasteiger partial charge on any atom is -0.387 e. The Kier molecular flexibility index (Phi) is 6.97. The molecule has 0 spiro atoms. The molecule has 0 saturated carbocycles. The summed E-state index contributed by atoms with van der Waals surface area (Å²) in [6.45, 7) is 4.24. The van der Waals surface area contributed by atoms with E-state index in [0.29, 0.717) is 6.42 Å². The summed E-state index contributed by atoms with van der Waals surface area (Å²) >= 11 is 0. The Morgan fingerprint density at radius 2 is 1.71 bits per heavy atom. The van der Waals surface area contributed by atoms with Crippen LogP contribution in [0, 0.1) is 0 Å². The fraction of sp³-hybridized carbons (Fsp3) is 0.636. The number of carbonyl (C=O) groups is 4. The van der Waals surface area contributed by atoms with Crippen LogP contribution >= 0.6 is 0 Å². The molecule has 0 aromatic carbocycles. The lowest BCUT2D eigenvalue weighted by atomic mass is 10.1. The molecule has 0 N–H and O–H groups in total. The fourth-order valence-electron chi connectivity index (χ4n) is 1.01. The van der Waals surface area contributed by atoms with Gasteiger partial charge in [-0.25, -0.2) is 4.79 Å². The Labute approximate surface area is 99.3 Å². The summed E-state index contributed by atoms with van der Waals surface area (Å²) in [6.07, 6.45) is 0.0172. The van der Waals surface area contributed by atoms with Gasteiger partial charge in [-0.1, -0.05) is 13.3 Å². The van der Waals surface area contributed by atoms with Crippen LogP contribution in [0.15, 0.2) is 0 Å². The van der Waals surface area contributed by atoms with Crippen LogP contribution in [-0.2, 0) is 28.7 Å². The van der Waals surface area contributed by atoms with Gasteiger partial charge in [-0.3, -0.25) is 14.4 Å². The number of hydrogen-bond donors (Lipinski definition) is 0. The van der Waals surface area contributed by atoms with Gasteiger partial charge in [0.05, 0.1) is 0 Å². The van der Waals surface area contributed by atoms with Crippen molar-refractivity contribution in [2.45, 2.75) is 39.7 Å². The first-order valence-electron chi connectivity index (χ1n) is 5.28. The molecule has 6 nitrogen and oxygen atoms in total. The van der Waals surface area contributed by atoms with Crippen molar-refractivity contribution < 1.29 is 28.7 Å². The topological polar surface area (TPSA) is 86.7 Å². The average Bonchev–Trinajstić information content (AvgIpc) is 2.22. The van der Waals surface area contributed by atoms with E-state index in [1.54, 1.807) is 0 Å². The van der Waals surface area contributed by atoms with E-state index in [2.05, 4.69) is 4.74 Å². The summed E-state index contributed by atoms with van der Waals surface area (Å²) < 4.78 is 9.09. The first kappa shape index (κ1) is 15.4. The second-order valence-corrected chi connectivity index (χ2v) is 3.46. The molecule has 0 aromatic rings. The molecule has 0 fully saturated rings. The predicted molar refractivity (Wildman–Crippen MR) is 57.1 cm³/mol. The van der Waals surface area contributed by atoms with E-state index >= 15 is 0 Å². The highest BCUT2D eigenvalue weighted by Gasteiger charge is 2.31. The average molecular weight is 244 g/mol. The first-order valence-corrected chi connectivity index (χ1v) is 5.28. The van der Waals surface area contributed by atoms with Crippen molar-refractivity contribution in [3.63, 3.8) is 0 Å². The van der Waals surface area contributed by atoms with Gasteiger partial charge in [-0.05, 0) is 13.3 Å². The van der Waals surface area contributed by atoms with Crippen molar-refractivity contribution in [2.75, 3.05) is 6.61 Å². The zero-order valence-corrected chi connectivity index (χ0v) is 10.1. The molecule has 1 unspecified atom stereocenters. The Morgan fingerprint density at radius 3 is 2.12 bits per heavy atom. The van der Waals surface area contributed by atoms with E-state index in [-0.39, 0.29) is 6.61 Å². The van der Waals surface area contributed by atoms with Gasteiger partial charge in [0.1, 0.15) is 0 Å². The summed E-state index contributed by atoms with van der Waals surface area (Å²) in [7, 11) is 0. The molecule has 17 heavy (non-hydrogen) atoms. The summed E-state index contributed by atoms with van der Waals surface area (Å²) in [6, 6.07) is 0. The summed E-state index contributed by atoms with van der Waals surface area (Å²) in [5.74, 6) is -4.01. The largest absolute Gasteiger partial charge is 0.387 e. The van der Waals surface area contributed by atoms with Crippen molar-refractivity contribution in [3.05, 3.63) is 0 Å². The van der Waals surface area contributed by atoms with Crippen LogP contribution in [0.4, 0.5) is 0 Å². The predicted octanol–water partition coefficient (Wildman–Crippen LogP) is 0.419. The highest BCUT2D eigenvalue weighted by molar-refractivity contribution is 6.40. The van der Waals surface area contributed by atoms with Crippen molar-refractivity contribution >= 4 is 23.5 Å². The van der Waals surface area contributed by atoms with Crippen LogP contribution in [0.2, 0.25) is 0 Å². The Morgan fingerprint density at radius 1 is 1.12 bits per heavy atom. The van der Waals surface area contributed by atoms with Crippen LogP contribution in [0.1, 0.15) is 33.6 Å². The zero-order valence-electron chi connectivity index (χ0n) is 10.1. The van der Waals surface area contributed by atoms with Crippen LogP contribution in [-0.4, -0.2) is 36.2 Å². The van der Waals surface area contributed by atoms with Crippen LogP contribution < -0.4 is 0 Å². The molecular formula is C11H16O6. The molecule has 0 aliphatic carbocycles. The van der Waals surface area contributed by atoms with Crippen LogP contribution in [0.5, 0.6) is 0 Å².